The molecule has 21 heavy (non-hydrogen) atoms. The van der Waals surface area contributed by atoms with Crippen LogP contribution in [0, 0.1) is 5.92 Å². The van der Waals surface area contributed by atoms with Gasteiger partial charge in [0.2, 0.25) is 0 Å². The molecule has 1 nitrogen and oxygen atoms in total. The molecule has 0 spiro atoms. The molecule has 1 saturated heterocycles. The van der Waals surface area contributed by atoms with E-state index in [0.29, 0.717) is 5.54 Å². The van der Waals surface area contributed by atoms with Gasteiger partial charge >= 0.3 is 0 Å². The van der Waals surface area contributed by atoms with Crippen LogP contribution >= 0.6 is 0 Å². The van der Waals surface area contributed by atoms with E-state index in [1.54, 1.807) is 5.56 Å². The van der Waals surface area contributed by atoms with Crippen LogP contribution in [0.4, 0.5) is 0 Å². The number of piperidine rings is 1. The van der Waals surface area contributed by atoms with Gasteiger partial charge in [0, 0.05) is 11.6 Å². The minimum atomic E-state index is 0.328. The van der Waals surface area contributed by atoms with Gasteiger partial charge in [-0.15, -0.1) is 0 Å². The van der Waals surface area contributed by atoms with Crippen molar-refractivity contribution < 1.29 is 0 Å². The molecule has 0 amide bonds. The van der Waals surface area contributed by atoms with Crippen molar-refractivity contribution in [1.29, 1.82) is 0 Å². The maximum Gasteiger partial charge on any atom is 0.0463 e. The van der Waals surface area contributed by atoms with Crippen LogP contribution in [0.15, 0.2) is 30.3 Å². The second-order valence-electron chi connectivity index (χ2n) is 7.46. The van der Waals surface area contributed by atoms with Gasteiger partial charge in [-0.3, -0.25) is 4.90 Å². The molecule has 1 aromatic carbocycles. The predicted molar refractivity (Wildman–Crippen MR) is 90.4 cm³/mol. The molecular formula is C20H31N. The van der Waals surface area contributed by atoms with Crippen molar-refractivity contribution in [2.75, 3.05) is 6.54 Å². The van der Waals surface area contributed by atoms with E-state index < -0.39 is 0 Å². The summed E-state index contributed by atoms with van der Waals surface area (Å²) in [6.07, 6.45) is 11.1. The van der Waals surface area contributed by atoms with Gasteiger partial charge in [0.15, 0.2) is 0 Å². The van der Waals surface area contributed by atoms with Crippen molar-refractivity contribution in [2.24, 2.45) is 5.92 Å². The van der Waals surface area contributed by atoms with Crippen molar-refractivity contribution >= 4 is 0 Å². The lowest BCUT2D eigenvalue weighted by Gasteiger charge is -2.53. The minimum absolute atomic E-state index is 0.328. The first-order valence-electron chi connectivity index (χ1n) is 9.06. The highest BCUT2D eigenvalue weighted by Gasteiger charge is 2.43. The molecule has 1 heteroatoms. The van der Waals surface area contributed by atoms with Crippen LogP contribution in [0.1, 0.15) is 70.8 Å². The van der Waals surface area contributed by atoms with Crippen molar-refractivity contribution in [3.8, 4) is 0 Å². The fraction of sp³-hybridized carbons (Fsp3) is 0.700. The molecule has 0 bridgehead atoms. The molecule has 2 aliphatic rings. The predicted octanol–water partition coefficient (Wildman–Crippen LogP) is 5.36. The van der Waals surface area contributed by atoms with E-state index in [2.05, 4.69) is 49.1 Å². The lowest BCUT2D eigenvalue weighted by atomic mass is 9.72. The Hall–Kier alpha value is -0.820. The Morgan fingerprint density at radius 3 is 2.33 bits per heavy atom. The van der Waals surface area contributed by atoms with Crippen LogP contribution in [0.2, 0.25) is 0 Å². The highest BCUT2D eigenvalue weighted by Crippen LogP contribution is 2.46. The monoisotopic (exact) mass is 285 g/mol. The summed E-state index contributed by atoms with van der Waals surface area (Å²) in [6, 6.07) is 12.2. The molecule has 0 N–H and O–H groups in total. The van der Waals surface area contributed by atoms with Crippen LogP contribution in [0.25, 0.3) is 0 Å². The number of rotatable bonds is 3. The van der Waals surface area contributed by atoms with Gasteiger partial charge < -0.3 is 0 Å². The van der Waals surface area contributed by atoms with E-state index >= 15 is 0 Å². The molecule has 1 unspecified atom stereocenters. The lowest BCUT2D eigenvalue weighted by Crippen LogP contribution is -2.56. The average molecular weight is 285 g/mol. The van der Waals surface area contributed by atoms with E-state index in [9.17, 15) is 0 Å². The van der Waals surface area contributed by atoms with Crippen molar-refractivity contribution in [2.45, 2.75) is 76.8 Å². The van der Waals surface area contributed by atoms with Crippen LogP contribution in [0.5, 0.6) is 0 Å². The van der Waals surface area contributed by atoms with Gasteiger partial charge in [0.05, 0.1) is 0 Å². The quantitative estimate of drug-likeness (QED) is 0.723. The van der Waals surface area contributed by atoms with E-state index in [4.69, 9.17) is 0 Å². The Morgan fingerprint density at radius 1 is 0.952 bits per heavy atom. The topological polar surface area (TPSA) is 3.24 Å². The Morgan fingerprint density at radius 2 is 1.67 bits per heavy atom. The second kappa shape index (κ2) is 6.52. The summed E-state index contributed by atoms with van der Waals surface area (Å²) in [5.41, 5.74) is 1.91. The van der Waals surface area contributed by atoms with Crippen molar-refractivity contribution in [1.82, 2.24) is 4.90 Å². The van der Waals surface area contributed by atoms with Crippen LogP contribution < -0.4 is 0 Å². The lowest BCUT2D eigenvalue weighted by molar-refractivity contribution is -0.0289. The zero-order chi connectivity index (χ0) is 14.7. The van der Waals surface area contributed by atoms with E-state index in [0.717, 1.165) is 12.0 Å². The molecule has 1 aromatic rings. The molecule has 3 rings (SSSR count). The molecule has 1 heterocycles. The first-order chi connectivity index (χ1) is 10.2. The SMILES string of the molecule is CC(C)C1CCCCN1C1(c2ccccc2)CCCCC1. The van der Waals surface area contributed by atoms with Crippen LogP contribution in [0.3, 0.4) is 0 Å². The molecule has 116 valence electrons. The first-order valence-corrected chi connectivity index (χ1v) is 9.06. The highest BCUT2D eigenvalue weighted by molar-refractivity contribution is 5.26. The molecule has 1 atom stereocenters. The van der Waals surface area contributed by atoms with Gasteiger partial charge in [-0.05, 0) is 43.7 Å². The molecule has 1 aliphatic carbocycles. The smallest absolute Gasteiger partial charge is 0.0463 e. The average Bonchev–Trinajstić information content (AvgIpc) is 2.56. The van der Waals surface area contributed by atoms with E-state index in [1.807, 2.05) is 0 Å². The number of benzene rings is 1. The van der Waals surface area contributed by atoms with Gasteiger partial charge in [-0.25, -0.2) is 0 Å². The maximum absolute atomic E-state index is 2.93. The maximum atomic E-state index is 2.93. The molecular weight excluding hydrogens is 254 g/mol. The largest absolute Gasteiger partial charge is 0.290 e. The third-order valence-electron chi connectivity index (χ3n) is 5.86. The van der Waals surface area contributed by atoms with Gasteiger partial charge in [0.25, 0.3) is 0 Å². The standard InChI is InChI=1S/C20H31N/c1-17(2)19-13-7-10-16-21(19)20(14-8-4-9-15-20)18-11-5-3-6-12-18/h3,5-6,11-12,17,19H,4,7-10,13-16H2,1-2H3. The Bertz CT molecular complexity index is 430. The Kier molecular flexibility index (Phi) is 4.69. The number of nitrogens with zero attached hydrogens (tertiary/aromatic N) is 1. The van der Waals surface area contributed by atoms with Crippen molar-refractivity contribution in [3.05, 3.63) is 35.9 Å². The zero-order valence-electron chi connectivity index (χ0n) is 13.9. The summed E-state index contributed by atoms with van der Waals surface area (Å²) in [5.74, 6) is 0.771. The summed E-state index contributed by atoms with van der Waals surface area (Å²) in [7, 11) is 0. The minimum Gasteiger partial charge on any atom is -0.290 e. The first kappa shape index (κ1) is 15.1. The van der Waals surface area contributed by atoms with Gasteiger partial charge in [0.1, 0.15) is 0 Å². The van der Waals surface area contributed by atoms with Crippen LogP contribution in [-0.4, -0.2) is 17.5 Å². The van der Waals surface area contributed by atoms with E-state index in [1.165, 1.54) is 57.9 Å². The number of hydrogen-bond acceptors (Lipinski definition) is 1. The molecule has 0 radical (unpaired) electrons. The third-order valence-corrected chi connectivity index (χ3v) is 5.86. The normalized spacial score (nSPS) is 26.9. The Balaban J connectivity index is 1.98. The third kappa shape index (κ3) is 2.90. The number of hydrogen-bond donors (Lipinski definition) is 0. The Labute approximate surface area is 130 Å². The summed E-state index contributed by atoms with van der Waals surface area (Å²) < 4.78 is 0. The summed E-state index contributed by atoms with van der Waals surface area (Å²) in [4.78, 5) is 2.93. The highest BCUT2D eigenvalue weighted by atomic mass is 15.2. The van der Waals surface area contributed by atoms with E-state index in [-0.39, 0.29) is 0 Å². The summed E-state index contributed by atoms with van der Waals surface area (Å²) >= 11 is 0. The molecule has 0 aromatic heterocycles. The van der Waals surface area contributed by atoms with Gasteiger partial charge in [-0.1, -0.05) is 69.9 Å². The second-order valence-corrected chi connectivity index (χ2v) is 7.46. The fourth-order valence-corrected chi connectivity index (χ4v) is 4.81. The summed E-state index contributed by atoms with van der Waals surface area (Å²) in [6.45, 7) is 6.15. The molecule has 1 aliphatic heterocycles. The molecule has 1 saturated carbocycles. The molecule has 2 fully saturated rings. The summed E-state index contributed by atoms with van der Waals surface area (Å²) in [5, 5.41) is 0. The van der Waals surface area contributed by atoms with Crippen molar-refractivity contribution in [3.63, 3.8) is 0 Å². The van der Waals surface area contributed by atoms with Crippen LogP contribution in [-0.2, 0) is 5.54 Å². The number of likely N-dealkylation sites (tertiary alicyclic amines) is 1. The fourth-order valence-electron chi connectivity index (χ4n) is 4.81. The van der Waals surface area contributed by atoms with Gasteiger partial charge in [-0.2, -0.15) is 0 Å². The zero-order valence-corrected chi connectivity index (χ0v) is 13.9.